The molecule has 1 aromatic heterocycles. The van der Waals surface area contributed by atoms with Crippen molar-refractivity contribution in [3.8, 4) is 0 Å². The van der Waals surface area contributed by atoms with Crippen molar-refractivity contribution in [2.45, 2.75) is 25.9 Å². The van der Waals surface area contributed by atoms with Gasteiger partial charge >= 0.3 is 6.03 Å². The monoisotopic (exact) mass is 373 g/mol. The van der Waals surface area contributed by atoms with Crippen LogP contribution in [-0.2, 0) is 21.7 Å². The van der Waals surface area contributed by atoms with Crippen LogP contribution in [0.5, 0.6) is 0 Å². The Morgan fingerprint density at radius 3 is 2.70 bits per heavy atom. The molecule has 2 aromatic rings. The second kappa shape index (κ2) is 7.22. The van der Waals surface area contributed by atoms with Crippen molar-refractivity contribution < 1.29 is 23.2 Å². The Morgan fingerprint density at radius 1 is 1.30 bits per heavy atom. The fourth-order valence-corrected chi connectivity index (χ4v) is 3.04. The van der Waals surface area contributed by atoms with E-state index in [1.165, 1.54) is 30.2 Å². The number of carbonyl (C=O) groups excluding carboxylic acids is 3. The van der Waals surface area contributed by atoms with E-state index in [2.05, 4.69) is 5.32 Å². The number of likely N-dealkylation sites (N-methyl/N-ethyl adjacent to an activating group) is 1. The lowest BCUT2D eigenvalue weighted by molar-refractivity contribution is -0.139. The minimum absolute atomic E-state index is 0.187. The molecular weight excluding hydrogens is 353 g/mol. The average Bonchev–Trinajstić information content (AvgIpc) is 3.24. The molecule has 0 bridgehead atoms. The zero-order valence-corrected chi connectivity index (χ0v) is 15.1. The number of nitrogens with one attached hydrogen (secondary N) is 1. The largest absolute Gasteiger partial charge is 0.466 e. The summed E-state index contributed by atoms with van der Waals surface area (Å²) >= 11 is 0. The fourth-order valence-electron chi connectivity index (χ4n) is 3.04. The maximum Gasteiger partial charge on any atom is 0.325 e. The van der Waals surface area contributed by atoms with Gasteiger partial charge in [-0.2, -0.15) is 0 Å². The predicted molar refractivity (Wildman–Crippen MR) is 93.8 cm³/mol. The number of nitrogens with zero attached hydrogens (tertiary/aromatic N) is 2. The lowest BCUT2D eigenvalue weighted by Crippen LogP contribution is -2.44. The van der Waals surface area contributed by atoms with Crippen LogP contribution in [0.3, 0.4) is 0 Å². The quantitative estimate of drug-likeness (QED) is 0.787. The zero-order chi connectivity index (χ0) is 19.6. The molecule has 1 atom stereocenters. The fraction of sp³-hybridized carbons (Fsp3) is 0.316. The summed E-state index contributed by atoms with van der Waals surface area (Å²) < 4.78 is 18.6. The van der Waals surface area contributed by atoms with Crippen LogP contribution in [0, 0.1) is 5.82 Å². The summed E-state index contributed by atoms with van der Waals surface area (Å²) in [6, 6.07) is 8.49. The lowest BCUT2D eigenvalue weighted by atomic mass is 9.99. The first-order valence-corrected chi connectivity index (χ1v) is 8.55. The van der Waals surface area contributed by atoms with Crippen molar-refractivity contribution in [2.75, 3.05) is 13.1 Å². The number of halogens is 1. The first-order valence-electron chi connectivity index (χ1n) is 8.55. The number of furan rings is 1. The van der Waals surface area contributed by atoms with Crippen LogP contribution in [0.4, 0.5) is 9.18 Å². The molecule has 2 heterocycles. The van der Waals surface area contributed by atoms with Crippen LogP contribution < -0.4 is 5.32 Å². The zero-order valence-electron chi connectivity index (χ0n) is 15.1. The van der Waals surface area contributed by atoms with Crippen LogP contribution in [0.1, 0.15) is 25.2 Å². The highest BCUT2D eigenvalue weighted by Crippen LogP contribution is 2.29. The minimum atomic E-state index is -1.35. The van der Waals surface area contributed by atoms with Crippen molar-refractivity contribution in [1.29, 1.82) is 0 Å². The summed E-state index contributed by atoms with van der Waals surface area (Å²) in [5, 5.41) is 2.58. The molecule has 4 amide bonds. The molecule has 0 saturated carbocycles. The Bertz CT molecular complexity index is 868. The van der Waals surface area contributed by atoms with Gasteiger partial charge in [-0.25, -0.2) is 9.18 Å². The van der Waals surface area contributed by atoms with Gasteiger partial charge in [0.05, 0.1) is 6.26 Å². The van der Waals surface area contributed by atoms with Gasteiger partial charge in [0.1, 0.15) is 18.1 Å². The molecule has 142 valence electrons. The van der Waals surface area contributed by atoms with Crippen LogP contribution in [0.2, 0.25) is 0 Å². The van der Waals surface area contributed by atoms with E-state index in [0.29, 0.717) is 17.9 Å². The molecule has 1 fully saturated rings. The molecular formula is C19H20FN3O4. The number of imide groups is 1. The van der Waals surface area contributed by atoms with Gasteiger partial charge in [0.15, 0.2) is 5.54 Å². The molecule has 7 nitrogen and oxygen atoms in total. The van der Waals surface area contributed by atoms with Gasteiger partial charge in [0, 0.05) is 13.1 Å². The van der Waals surface area contributed by atoms with E-state index in [4.69, 9.17) is 4.42 Å². The topological polar surface area (TPSA) is 82.9 Å². The highest BCUT2D eigenvalue weighted by molar-refractivity contribution is 6.08. The summed E-state index contributed by atoms with van der Waals surface area (Å²) in [6.07, 6.45) is 1.41. The number of carbonyl (C=O) groups is 3. The third-order valence-corrected chi connectivity index (χ3v) is 4.58. The third-order valence-electron chi connectivity index (χ3n) is 4.58. The Kier molecular flexibility index (Phi) is 4.98. The normalized spacial score (nSPS) is 19.3. The third kappa shape index (κ3) is 3.55. The number of rotatable bonds is 6. The van der Waals surface area contributed by atoms with Crippen molar-refractivity contribution in [3.63, 3.8) is 0 Å². The highest BCUT2D eigenvalue weighted by atomic mass is 19.1. The van der Waals surface area contributed by atoms with E-state index in [0.717, 1.165) is 4.90 Å². The van der Waals surface area contributed by atoms with Crippen molar-refractivity contribution in [2.24, 2.45) is 0 Å². The number of hydrogen-bond donors (Lipinski definition) is 1. The van der Waals surface area contributed by atoms with Gasteiger partial charge in [-0.05, 0) is 43.7 Å². The Labute approximate surface area is 155 Å². The standard InChI is InChI=1S/C19H20FN3O4/c1-3-22(11-13-6-4-7-14(20)10-13)16(24)12-23-17(25)19(2,21-18(23)26)15-8-5-9-27-15/h4-10H,3,11-12H2,1-2H3,(H,21,26)/t19-/m0/s1. The first kappa shape index (κ1) is 18.6. The predicted octanol–water partition coefficient (Wildman–Crippen LogP) is 2.23. The van der Waals surface area contributed by atoms with Crippen molar-refractivity contribution >= 4 is 17.8 Å². The molecule has 1 N–H and O–H groups in total. The molecule has 0 unspecified atom stereocenters. The molecule has 8 heteroatoms. The van der Waals surface area contributed by atoms with Crippen LogP contribution in [0.25, 0.3) is 0 Å². The number of amides is 4. The summed E-state index contributed by atoms with van der Waals surface area (Å²) in [5.41, 5.74) is -0.719. The molecule has 0 radical (unpaired) electrons. The molecule has 0 aliphatic carbocycles. The molecule has 1 aliphatic heterocycles. The molecule has 27 heavy (non-hydrogen) atoms. The molecule has 0 spiro atoms. The van der Waals surface area contributed by atoms with Gasteiger partial charge in [-0.3, -0.25) is 14.5 Å². The Balaban J connectivity index is 1.72. The van der Waals surface area contributed by atoms with E-state index < -0.39 is 29.9 Å². The van der Waals surface area contributed by atoms with Gasteiger partial charge in [0.25, 0.3) is 5.91 Å². The Morgan fingerprint density at radius 2 is 2.07 bits per heavy atom. The highest BCUT2D eigenvalue weighted by Gasteiger charge is 2.51. The van der Waals surface area contributed by atoms with Crippen molar-refractivity contribution in [1.82, 2.24) is 15.1 Å². The van der Waals surface area contributed by atoms with E-state index in [1.54, 1.807) is 31.2 Å². The summed E-state index contributed by atoms with van der Waals surface area (Å²) in [6.45, 7) is 3.45. The molecule has 3 rings (SSSR count). The number of hydrogen-bond acceptors (Lipinski definition) is 4. The van der Waals surface area contributed by atoms with E-state index in [1.807, 2.05) is 0 Å². The van der Waals surface area contributed by atoms with Gasteiger partial charge in [0.2, 0.25) is 5.91 Å². The summed E-state index contributed by atoms with van der Waals surface area (Å²) in [7, 11) is 0. The first-order chi connectivity index (χ1) is 12.8. The molecule has 1 aromatic carbocycles. The number of urea groups is 1. The lowest BCUT2D eigenvalue weighted by Gasteiger charge is -2.24. The van der Waals surface area contributed by atoms with Gasteiger partial charge in [-0.15, -0.1) is 0 Å². The van der Waals surface area contributed by atoms with Crippen LogP contribution in [0.15, 0.2) is 47.1 Å². The van der Waals surface area contributed by atoms with E-state index in [9.17, 15) is 18.8 Å². The van der Waals surface area contributed by atoms with Crippen LogP contribution >= 0.6 is 0 Å². The summed E-state index contributed by atoms with van der Waals surface area (Å²) in [4.78, 5) is 40.0. The summed E-state index contributed by atoms with van der Waals surface area (Å²) in [5.74, 6) is -1.06. The van der Waals surface area contributed by atoms with E-state index >= 15 is 0 Å². The smallest absolute Gasteiger partial charge is 0.325 e. The Hall–Kier alpha value is -3.16. The van der Waals surface area contributed by atoms with Gasteiger partial charge < -0.3 is 14.6 Å². The molecule has 1 aliphatic rings. The van der Waals surface area contributed by atoms with Crippen LogP contribution in [-0.4, -0.2) is 40.7 Å². The second-order valence-electron chi connectivity index (χ2n) is 6.46. The second-order valence-corrected chi connectivity index (χ2v) is 6.46. The molecule has 1 saturated heterocycles. The minimum Gasteiger partial charge on any atom is -0.466 e. The number of benzene rings is 1. The maximum absolute atomic E-state index is 13.4. The maximum atomic E-state index is 13.4. The van der Waals surface area contributed by atoms with Gasteiger partial charge in [-0.1, -0.05) is 12.1 Å². The average molecular weight is 373 g/mol. The SMILES string of the molecule is CCN(Cc1cccc(F)c1)C(=O)CN1C(=O)N[C@@](C)(c2ccco2)C1=O. The van der Waals surface area contributed by atoms with E-state index in [-0.39, 0.29) is 12.4 Å². The van der Waals surface area contributed by atoms with Crippen molar-refractivity contribution in [3.05, 3.63) is 59.8 Å².